The Hall–Kier alpha value is -0.460. The molecular formula is C15H28O5. The second-order valence-electron chi connectivity index (χ2n) is 5.23. The van der Waals surface area contributed by atoms with Crippen molar-refractivity contribution in [1.29, 1.82) is 0 Å². The molecule has 5 nitrogen and oxygen atoms in total. The molecule has 4 atom stereocenters. The van der Waals surface area contributed by atoms with Gasteiger partial charge in [-0.25, -0.2) is 0 Å². The van der Waals surface area contributed by atoms with Crippen LogP contribution in [0.2, 0.25) is 0 Å². The highest BCUT2D eigenvalue weighted by Crippen LogP contribution is 2.20. The first-order valence-corrected chi connectivity index (χ1v) is 7.55. The third kappa shape index (κ3) is 5.89. The van der Waals surface area contributed by atoms with Gasteiger partial charge in [0.15, 0.2) is 0 Å². The normalized spacial score (nSPS) is 28.3. The standard InChI is InChI=1S/C15H28O5/c1-2-3-4-5-6-7-8-9-19-15-13(18)11-20-14(15)12(17)10-16/h7-8,12-18H,2-6,9-11H2,1H3/b8-7+/t12-,13+,14-,15-/m0/s1. The van der Waals surface area contributed by atoms with Crippen molar-refractivity contribution >= 4 is 0 Å². The summed E-state index contributed by atoms with van der Waals surface area (Å²) in [7, 11) is 0. The lowest BCUT2D eigenvalue weighted by Crippen LogP contribution is -2.42. The van der Waals surface area contributed by atoms with Gasteiger partial charge in [-0.2, -0.15) is 0 Å². The van der Waals surface area contributed by atoms with E-state index in [-0.39, 0.29) is 6.61 Å². The van der Waals surface area contributed by atoms with Crippen molar-refractivity contribution in [3.05, 3.63) is 12.2 Å². The number of aliphatic hydroxyl groups excluding tert-OH is 3. The highest BCUT2D eigenvalue weighted by atomic mass is 16.6. The second kappa shape index (κ2) is 10.3. The first-order valence-electron chi connectivity index (χ1n) is 7.55. The molecule has 0 unspecified atom stereocenters. The van der Waals surface area contributed by atoms with Crippen molar-refractivity contribution in [2.75, 3.05) is 19.8 Å². The summed E-state index contributed by atoms with van der Waals surface area (Å²) in [5.74, 6) is 0. The lowest BCUT2D eigenvalue weighted by Gasteiger charge is -2.23. The summed E-state index contributed by atoms with van der Waals surface area (Å²) in [6, 6.07) is 0. The monoisotopic (exact) mass is 288 g/mol. The van der Waals surface area contributed by atoms with Gasteiger partial charge in [-0.1, -0.05) is 38.3 Å². The fourth-order valence-corrected chi connectivity index (χ4v) is 2.30. The summed E-state index contributed by atoms with van der Waals surface area (Å²) in [5, 5.41) is 28.3. The highest BCUT2D eigenvalue weighted by Gasteiger charge is 2.40. The predicted octanol–water partition coefficient (Wildman–Crippen LogP) is 1.01. The van der Waals surface area contributed by atoms with Gasteiger partial charge in [0.05, 0.1) is 19.8 Å². The van der Waals surface area contributed by atoms with E-state index in [1.165, 1.54) is 25.7 Å². The molecule has 1 heterocycles. The van der Waals surface area contributed by atoms with Crippen molar-refractivity contribution in [2.45, 2.75) is 63.4 Å². The zero-order valence-corrected chi connectivity index (χ0v) is 12.3. The Kier molecular flexibility index (Phi) is 9.05. The topological polar surface area (TPSA) is 79.2 Å². The minimum atomic E-state index is -1.02. The molecule has 0 spiro atoms. The molecule has 1 fully saturated rings. The van der Waals surface area contributed by atoms with Crippen LogP contribution in [0.1, 0.15) is 39.0 Å². The molecule has 0 saturated carbocycles. The third-order valence-corrected chi connectivity index (χ3v) is 3.50. The number of ether oxygens (including phenoxy) is 2. The Balaban J connectivity index is 2.20. The molecule has 0 amide bonds. The van der Waals surface area contributed by atoms with Crippen LogP contribution >= 0.6 is 0 Å². The van der Waals surface area contributed by atoms with Gasteiger partial charge in [-0.15, -0.1) is 0 Å². The van der Waals surface area contributed by atoms with Gasteiger partial charge < -0.3 is 24.8 Å². The van der Waals surface area contributed by atoms with Gasteiger partial charge in [0.1, 0.15) is 24.4 Å². The number of aliphatic hydroxyl groups is 3. The maximum Gasteiger partial charge on any atom is 0.115 e. The van der Waals surface area contributed by atoms with E-state index in [1.807, 2.05) is 6.08 Å². The van der Waals surface area contributed by atoms with Crippen LogP contribution in [0.4, 0.5) is 0 Å². The van der Waals surface area contributed by atoms with Gasteiger partial charge in [-0.3, -0.25) is 0 Å². The molecule has 1 rings (SSSR count). The molecule has 0 aromatic rings. The van der Waals surface area contributed by atoms with Crippen molar-refractivity contribution in [3.8, 4) is 0 Å². The minimum absolute atomic E-state index is 0.132. The number of rotatable bonds is 10. The second-order valence-corrected chi connectivity index (χ2v) is 5.23. The van der Waals surface area contributed by atoms with E-state index in [9.17, 15) is 10.2 Å². The molecule has 0 aromatic carbocycles. The summed E-state index contributed by atoms with van der Waals surface area (Å²) in [4.78, 5) is 0. The van der Waals surface area contributed by atoms with Crippen LogP contribution in [-0.2, 0) is 9.47 Å². The molecule has 20 heavy (non-hydrogen) atoms. The molecular weight excluding hydrogens is 260 g/mol. The quantitative estimate of drug-likeness (QED) is 0.413. The number of hydrogen-bond donors (Lipinski definition) is 3. The molecule has 0 aliphatic carbocycles. The average molecular weight is 288 g/mol. The van der Waals surface area contributed by atoms with Gasteiger partial charge in [-0.05, 0) is 12.8 Å². The molecule has 0 bridgehead atoms. The van der Waals surface area contributed by atoms with Gasteiger partial charge >= 0.3 is 0 Å². The number of unbranched alkanes of at least 4 members (excludes halogenated alkanes) is 4. The molecule has 118 valence electrons. The molecule has 5 heteroatoms. The summed E-state index contributed by atoms with van der Waals surface area (Å²) in [6.45, 7) is 2.31. The summed E-state index contributed by atoms with van der Waals surface area (Å²) in [5.41, 5.74) is 0. The zero-order chi connectivity index (χ0) is 14.8. The molecule has 0 radical (unpaired) electrons. The lowest BCUT2D eigenvalue weighted by molar-refractivity contribution is -0.0879. The smallest absolute Gasteiger partial charge is 0.115 e. The van der Waals surface area contributed by atoms with Gasteiger partial charge in [0, 0.05) is 0 Å². The largest absolute Gasteiger partial charge is 0.394 e. The molecule has 1 saturated heterocycles. The average Bonchev–Trinajstić information content (AvgIpc) is 2.82. The maximum absolute atomic E-state index is 9.74. The van der Waals surface area contributed by atoms with Gasteiger partial charge in [0.25, 0.3) is 0 Å². The molecule has 1 aliphatic heterocycles. The van der Waals surface area contributed by atoms with E-state index >= 15 is 0 Å². The van der Waals surface area contributed by atoms with Crippen LogP contribution < -0.4 is 0 Å². The van der Waals surface area contributed by atoms with E-state index in [0.29, 0.717) is 6.61 Å². The fourth-order valence-electron chi connectivity index (χ4n) is 2.30. The van der Waals surface area contributed by atoms with Gasteiger partial charge in [0.2, 0.25) is 0 Å². The Morgan fingerprint density at radius 2 is 2.10 bits per heavy atom. The van der Waals surface area contributed by atoms with E-state index in [1.54, 1.807) is 0 Å². The molecule has 3 N–H and O–H groups in total. The van der Waals surface area contributed by atoms with Crippen LogP contribution in [0.15, 0.2) is 12.2 Å². The van der Waals surface area contributed by atoms with Crippen molar-refractivity contribution < 1.29 is 24.8 Å². The van der Waals surface area contributed by atoms with E-state index in [2.05, 4.69) is 13.0 Å². The van der Waals surface area contributed by atoms with E-state index in [4.69, 9.17) is 14.6 Å². The first-order chi connectivity index (χ1) is 9.70. The fraction of sp³-hybridized carbons (Fsp3) is 0.867. The highest BCUT2D eigenvalue weighted by molar-refractivity contribution is 4.90. The summed E-state index contributed by atoms with van der Waals surface area (Å²) in [6.07, 6.45) is 6.99. The molecule has 1 aliphatic rings. The van der Waals surface area contributed by atoms with E-state index in [0.717, 1.165) is 6.42 Å². The number of allylic oxidation sites excluding steroid dienone is 1. The number of hydrogen-bond acceptors (Lipinski definition) is 5. The Morgan fingerprint density at radius 1 is 1.30 bits per heavy atom. The predicted molar refractivity (Wildman–Crippen MR) is 76.5 cm³/mol. The minimum Gasteiger partial charge on any atom is -0.394 e. The summed E-state index contributed by atoms with van der Waals surface area (Å²) >= 11 is 0. The van der Waals surface area contributed by atoms with Crippen LogP contribution in [0, 0.1) is 0 Å². The van der Waals surface area contributed by atoms with Crippen molar-refractivity contribution in [2.24, 2.45) is 0 Å². The van der Waals surface area contributed by atoms with Crippen LogP contribution in [-0.4, -0.2) is 59.6 Å². The maximum atomic E-state index is 9.74. The third-order valence-electron chi connectivity index (χ3n) is 3.50. The Bertz CT molecular complexity index is 269. The Morgan fingerprint density at radius 3 is 2.80 bits per heavy atom. The van der Waals surface area contributed by atoms with Crippen LogP contribution in [0.5, 0.6) is 0 Å². The first kappa shape index (κ1) is 17.6. The van der Waals surface area contributed by atoms with Crippen LogP contribution in [0.25, 0.3) is 0 Å². The van der Waals surface area contributed by atoms with Crippen LogP contribution in [0.3, 0.4) is 0 Å². The zero-order valence-electron chi connectivity index (χ0n) is 12.3. The lowest BCUT2D eigenvalue weighted by atomic mass is 10.1. The van der Waals surface area contributed by atoms with E-state index < -0.39 is 31.0 Å². The van der Waals surface area contributed by atoms with Crippen molar-refractivity contribution in [1.82, 2.24) is 0 Å². The summed E-state index contributed by atoms with van der Waals surface area (Å²) < 4.78 is 10.8. The Labute approximate surface area is 121 Å². The molecule has 0 aromatic heterocycles. The SMILES string of the molecule is CCCCCC/C=C/CO[C@@H]1[C@H]([C@@H](O)CO)OC[C@H]1O. The van der Waals surface area contributed by atoms with Crippen molar-refractivity contribution in [3.63, 3.8) is 0 Å².